The zero-order chi connectivity index (χ0) is 13.0. The van der Waals surface area contributed by atoms with Crippen molar-refractivity contribution in [2.24, 2.45) is 0 Å². The van der Waals surface area contributed by atoms with E-state index in [0.29, 0.717) is 21.4 Å². The molecule has 0 aliphatic heterocycles. The second-order valence-electron chi connectivity index (χ2n) is 3.70. The van der Waals surface area contributed by atoms with Crippen LogP contribution in [0.3, 0.4) is 0 Å². The maximum absolute atomic E-state index is 11.8. The van der Waals surface area contributed by atoms with E-state index < -0.39 is 0 Å². The Labute approximate surface area is 115 Å². The van der Waals surface area contributed by atoms with Crippen LogP contribution >= 0.6 is 23.2 Å². The van der Waals surface area contributed by atoms with E-state index in [-0.39, 0.29) is 12.3 Å². The van der Waals surface area contributed by atoms with E-state index in [1.165, 1.54) is 0 Å². The number of hydrogen-bond acceptors (Lipinski definition) is 2. The Kier molecular flexibility index (Phi) is 4.18. The first-order valence-corrected chi connectivity index (χ1v) is 6.05. The summed E-state index contributed by atoms with van der Waals surface area (Å²) in [5, 5.41) is 3.69. The van der Waals surface area contributed by atoms with Crippen LogP contribution in [0, 0.1) is 0 Å². The molecule has 3 nitrogen and oxygen atoms in total. The van der Waals surface area contributed by atoms with Crippen LogP contribution < -0.4 is 5.32 Å². The summed E-state index contributed by atoms with van der Waals surface area (Å²) in [5.41, 5.74) is 1.29. The highest BCUT2D eigenvalue weighted by Gasteiger charge is 2.06. The number of anilines is 1. The number of rotatable bonds is 3. The topological polar surface area (TPSA) is 42.0 Å². The van der Waals surface area contributed by atoms with Crippen molar-refractivity contribution in [3.63, 3.8) is 0 Å². The van der Waals surface area contributed by atoms with Crippen LogP contribution in [-0.4, -0.2) is 10.9 Å². The van der Waals surface area contributed by atoms with Gasteiger partial charge >= 0.3 is 0 Å². The summed E-state index contributed by atoms with van der Waals surface area (Å²) in [4.78, 5) is 15.8. The van der Waals surface area contributed by atoms with Gasteiger partial charge in [-0.25, -0.2) is 0 Å². The molecule has 2 rings (SSSR count). The molecule has 0 atom stereocenters. The van der Waals surface area contributed by atoms with Crippen LogP contribution in [-0.2, 0) is 11.2 Å². The van der Waals surface area contributed by atoms with E-state index in [9.17, 15) is 4.79 Å². The van der Waals surface area contributed by atoms with Crippen molar-refractivity contribution in [2.75, 3.05) is 5.32 Å². The lowest BCUT2D eigenvalue weighted by Crippen LogP contribution is -2.15. The van der Waals surface area contributed by atoms with Gasteiger partial charge in [0.1, 0.15) is 0 Å². The highest BCUT2D eigenvalue weighted by atomic mass is 35.5. The molecule has 1 amide bonds. The Balaban J connectivity index is 2.03. The molecule has 1 aromatic heterocycles. The number of nitrogens with one attached hydrogen (secondary N) is 1. The number of carbonyl (C=O) groups excluding carboxylic acids is 1. The minimum Gasteiger partial charge on any atom is -0.326 e. The average molecular weight is 281 g/mol. The average Bonchev–Trinajstić information content (AvgIpc) is 2.28. The predicted molar refractivity (Wildman–Crippen MR) is 73.0 cm³/mol. The summed E-state index contributed by atoms with van der Waals surface area (Å²) >= 11 is 11.7. The van der Waals surface area contributed by atoms with Crippen molar-refractivity contribution in [1.82, 2.24) is 4.98 Å². The Morgan fingerprint density at radius 2 is 1.89 bits per heavy atom. The van der Waals surface area contributed by atoms with E-state index in [2.05, 4.69) is 10.3 Å². The normalized spacial score (nSPS) is 10.1. The zero-order valence-corrected chi connectivity index (χ0v) is 10.9. The number of pyridine rings is 1. The molecule has 1 heterocycles. The Bertz CT molecular complexity index is 538. The third kappa shape index (κ3) is 3.72. The van der Waals surface area contributed by atoms with Gasteiger partial charge in [0.15, 0.2) is 0 Å². The molecule has 18 heavy (non-hydrogen) atoms. The molecule has 0 radical (unpaired) electrons. The van der Waals surface area contributed by atoms with E-state index in [0.717, 1.165) is 0 Å². The highest BCUT2D eigenvalue weighted by Crippen LogP contribution is 2.22. The van der Waals surface area contributed by atoms with Crippen LogP contribution in [0.2, 0.25) is 10.0 Å². The lowest BCUT2D eigenvalue weighted by molar-refractivity contribution is -0.115. The third-order valence-corrected chi connectivity index (χ3v) is 2.65. The maximum Gasteiger partial charge on any atom is 0.230 e. The predicted octanol–water partition coefficient (Wildman–Crippen LogP) is 3.57. The van der Waals surface area contributed by atoms with Crippen LogP contribution in [0.15, 0.2) is 42.6 Å². The van der Waals surface area contributed by atoms with Crippen LogP contribution in [0.1, 0.15) is 5.69 Å². The van der Waals surface area contributed by atoms with Crippen LogP contribution in [0.25, 0.3) is 0 Å². The molecule has 0 spiro atoms. The first-order chi connectivity index (χ1) is 8.63. The van der Waals surface area contributed by atoms with Crippen molar-refractivity contribution < 1.29 is 4.79 Å². The molecule has 0 bridgehead atoms. The van der Waals surface area contributed by atoms with Gasteiger partial charge in [-0.15, -0.1) is 0 Å². The molecule has 1 N–H and O–H groups in total. The maximum atomic E-state index is 11.8. The molecule has 92 valence electrons. The minimum absolute atomic E-state index is 0.160. The minimum atomic E-state index is -0.160. The molecule has 0 aliphatic carbocycles. The Morgan fingerprint density at radius 3 is 2.50 bits per heavy atom. The van der Waals surface area contributed by atoms with Crippen molar-refractivity contribution in [2.45, 2.75) is 6.42 Å². The van der Waals surface area contributed by atoms with Gasteiger partial charge in [0.05, 0.1) is 6.42 Å². The fourth-order valence-electron chi connectivity index (χ4n) is 1.50. The lowest BCUT2D eigenvalue weighted by Gasteiger charge is -2.06. The van der Waals surface area contributed by atoms with Gasteiger partial charge in [0.25, 0.3) is 0 Å². The molecule has 0 saturated heterocycles. The second kappa shape index (κ2) is 5.85. The van der Waals surface area contributed by atoms with Crippen LogP contribution in [0.5, 0.6) is 0 Å². The first-order valence-electron chi connectivity index (χ1n) is 5.29. The molecule has 2 aromatic rings. The summed E-state index contributed by atoms with van der Waals surface area (Å²) < 4.78 is 0. The van der Waals surface area contributed by atoms with Gasteiger partial charge in [0, 0.05) is 27.6 Å². The van der Waals surface area contributed by atoms with Crippen molar-refractivity contribution in [1.29, 1.82) is 0 Å². The lowest BCUT2D eigenvalue weighted by atomic mass is 10.2. The molecule has 1 aromatic carbocycles. The zero-order valence-electron chi connectivity index (χ0n) is 9.36. The standard InChI is InChI=1S/C13H10Cl2N2O/c14-9-5-10(15)7-12(6-9)17-13(18)8-11-3-1-2-4-16-11/h1-7H,8H2,(H,17,18). The third-order valence-electron chi connectivity index (χ3n) is 2.21. The number of aromatic nitrogens is 1. The molecular formula is C13H10Cl2N2O. The molecular weight excluding hydrogens is 271 g/mol. The van der Waals surface area contributed by atoms with E-state index >= 15 is 0 Å². The van der Waals surface area contributed by atoms with Gasteiger partial charge in [-0.05, 0) is 30.3 Å². The summed E-state index contributed by atoms with van der Waals surface area (Å²) in [6.07, 6.45) is 1.86. The van der Waals surface area contributed by atoms with E-state index in [1.807, 2.05) is 6.07 Å². The van der Waals surface area contributed by atoms with E-state index in [1.54, 1.807) is 36.5 Å². The quantitative estimate of drug-likeness (QED) is 0.934. The molecule has 0 saturated carbocycles. The molecule has 5 heteroatoms. The van der Waals surface area contributed by atoms with Gasteiger partial charge in [-0.1, -0.05) is 29.3 Å². The van der Waals surface area contributed by atoms with Gasteiger partial charge in [0.2, 0.25) is 5.91 Å². The smallest absolute Gasteiger partial charge is 0.230 e. The highest BCUT2D eigenvalue weighted by molar-refractivity contribution is 6.35. The second-order valence-corrected chi connectivity index (χ2v) is 4.58. The molecule has 0 aliphatic rings. The van der Waals surface area contributed by atoms with Gasteiger partial charge in [-0.2, -0.15) is 0 Å². The Hall–Kier alpha value is -1.58. The number of carbonyl (C=O) groups is 1. The summed E-state index contributed by atoms with van der Waals surface area (Å²) in [5.74, 6) is -0.160. The fraction of sp³-hybridized carbons (Fsp3) is 0.0769. The molecule has 0 fully saturated rings. The number of benzene rings is 1. The number of amides is 1. The SMILES string of the molecule is O=C(Cc1ccccn1)Nc1cc(Cl)cc(Cl)c1. The van der Waals surface area contributed by atoms with Crippen LogP contribution in [0.4, 0.5) is 5.69 Å². The van der Waals surface area contributed by atoms with E-state index in [4.69, 9.17) is 23.2 Å². The van der Waals surface area contributed by atoms with Crippen molar-refractivity contribution in [3.8, 4) is 0 Å². The van der Waals surface area contributed by atoms with Crippen molar-refractivity contribution >= 4 is 34.8 Å². The summed E-state index contributed by atoms with van der Waals surface area (Å²) in [7, 11) is 0. The number of halogens is 2. The fourth-order valence-corrected chi connectivity index (χ4v) is 2.02. The van der Waals surface area contributed by atoms with Crippen molar-refractivity contribution in [3.05, 3.63) is 58.3 Å². The first kappa shape index (κ1) is 12.9. The number of nitrogens with zero attached hydrogens (tertiary/aromatic N) is 1. The largest absolute Gasteiger partial charge is 0.326 e. The van der Waals surface area contributed by atoms with Gasteiger partial charge in [-0.3, -0.25) is 9.78 Å². The summed E-state index contributed by atoms with van der Waals surface area (Å²) in [6, 6.07) is 10.3. The molecule has 0 unspecified atom stereocenters. The summed E-state index contributed by atoms with van der Waals surface area (Å²) in [6.45, 7) is 0. The van der Waals surface area contributed by atoms with Gasteiger partial charge < -0.3 is 5.32 Å². The Morgan fingerprint density at radius 1 is 1.17 bits per heavy atom. The number of hydrogen-bond donors (Lipinski definition) is 1. The monoisotopic (exact) mass is 280 g/mol.